The summed E-state index contributed by atoms with van der Waals surface area (Å²) in [6, 6.07) is 4.62. The van der Waals surface area contributed by atoms with Crippen LogP contribution >= 0.6 is 22.9 Å². The van der Waals surface area contributed by atoms with Gasteiger partial charge in [-0.25, -0.2) is 31.7 Å². The molecular weight excluding hydrogens is 562 g/mol. The van der Waals surface area contributed by atoms with E-state index in [1.807, 2.05) is 0 Å². The molecule has 4 aromatic rings. The van der Waals surface area contributed by atoms with Gasteiger partial charge in [-0.2, -0.15) is 5.10 Å². The van der Waals surface area contributed by atoms with Crippen molar-refractivity contribution in [3.05, 3.63) is 68.6 Å². The van der Waals surface area contributed by atoms with E-state index in [4.69, 9.17) is 16.3 Å². The minimum atomic E-state index is -3.56. The third-order valence-corrected chi connectivity index (χ3v) is 7.63. The average molecular weight is 583 g/mol. The van der Waals surface area contributed by atoms with Crippen LogP contribution in [0, 0.1) is 25.5 Å². The predicted octanol–water partition coefficient (Wildman–Crippen LogP) is 3.66. The number of aryl methyl sites for hydroxylation is 2. The number of hydrogen-bond acceptors (Lipinski definition) is 8. The van der Waals surface area contributed by atoms with Gasteiger partial charge in [0.25, 0.3) is 5.91 Å². The molecule has 0 bridgehead atoms. The molecule has 1 aliphatic heterocycles. The Balaban J connectivity index is 1.48. The van der Waals surface area contributed by atoms with Gasteiger partial charge in [-0.1, -0.05) is 35.1 Å². The number of rotatable bonds is 6. The monoisotopic (exact) mass is 582 g/mol. The van der Waals surface area contributed by atoms with E-state index in [0.29, 0.717) is 22.8 Å². The van der Waals surface area contributed by atoms with Crippen molar-refractivity contribution in [2.24, 2.45) is 0 Å². The summed E-state index contributed by atoms with van der Waals surface area (Å²) in [5.41, 5.74) is 1.26. The summed E-state index contributed by atoms with van der Waals surface area (Å²) in [7, 11) is -3.56. The molecule has 1 atom stereocenters. The van der Waals surface area contributed by atoms with E-state index >= 15 is 4.39 Å². The number of amides is 1. The highest BCUT2D eigenvalue weighted by Crippen LogP contribution is 2.38. The molecule has 1 unspecified atom stereocenters. The number of carbonyl (C=O) groups excluding carboxylic acids is 1. The number of hydrogen-bond donors (Lipinski definition) is 1. The highest BCUT2D eigenvalue weighted by molar-refractivity contribution is 7.92. The second kappa shape index (κ2) is 9.75. The lowest BCUT2D eigenvalue weighted by Gasteiger charge is -2.35. The first-order valence-electron chi connectivity index (χ1n) is 11.3. The van der Waals surface area contributed by atoms with Gasteiger partial charge in [0.1, 0.15) is 16.9 Å². The number of benzene rings is 1. The molecule has 38 heavy (non-hydrogen) atoms. The summed E-state index contributed by atoms with van der Waals surface area (Å²) >= 11 is 7.48. The van der Waals surface area contributed by atoms with Gasteiger partial charge in [0.15, 0.2) is 29.1 Å². The van der Waals surface area contributed by atoms with E-state index in [9.17, 15) is 17.6 Å². The predicted molar refractivity (Wildman–Crippen MR) is 137 cm³/mol. The average Bonchev–Trinajstić information content (AvgIpc) is 3.36. The summed E-state index contributed by atoms with van der Waals surface area (Å²) in [5.74, 6) is -2.53. The van der Waals surface area contributed by atoms with E-state index in [2.05, 4.69) is 19.8 Å². The molecule has 3 aromatic heterocycles. The molecule has 1 aromatic carbocycles. The fraction of sp³-hybridized carbons (Fsp3) is 0.304. The lowest BCUT2D eigenvalue weighted by molar-refractivity contribution is -0.135. The van der Waals surface area contributed by atoms with Crippen LogP contribution in [0.1, 0.15) is 33.6 Å². The van der Waals surface area contributed by atoms with Crippen molar-refractivity contribution in [2.75, 3.05) is 24.1 Å². The van der Waals surface area contributed by atoms with Crippen LogP contribution in [-0.2, 0) is 21.2 Å². The normalized spacial score (nSPS) is 15.5. The van der Waals surface area contributed by atoms with E-state index in [0.717, 1.165) is 11.3 Å². The number of nitrogens with zero attached hydrogens (tertiary/aromatic N) is 5. The van der Waals surface area contributed by atoms with E-state index in [1.165, 1.54) is 47.4 Å². The Kier molecular flexibility index (Phi) is 6.73. The molecule has 1 aliphatic rings. The molecule has 15 heteroatoms. The largest absolute Gasteiger partial charge is 0.481 e. The Bertz CT molecular complexity index is 1690. The highest BCUT2D eigenvalue weighted by Gasteiger charge is 2.39. The lowest BCUT2D eigenvalue weighted by Crippen LogP contribution is -2.43. The van der Waals surface area contributed by atoms with Crippen LogP contribution in [0.4, 0.5) is 14.6 Å². The summed E-state index contributed by atoms with van der Waals surface area (Å²) in [6.07, 6.45) is 1.35. The van der Waals surface area contributed by atoms with Crippen LogP contribution in [0.15, 0.2) is 24.3 Å². The Morgan fingerprint density at radius 1 is 1.21 bits per heavy atom. The second-order valence-electron chi connectivity index (χ2n) is 8.75. The topological polar surface area (TPSA) is 119 Å². The zero-order valence-corrected chi connectivity index (χ0v) is 22.7. The number of pyridine rings is 1. The maximum absolute atomic E-state index is 15.3. The number of nitrogens with one attached hydrogen (secondary N) is 1. The van der Waals surface area contributed by atoms with E-state index in [-0.39, 0.29) is 34.4 Å². The first-order chi connectivity index (χ1) is 17.9. The smallest absolute Gasteiger partial charge is 0.261 e. The summed E-state index contributed by atoms with van der Waals surface area (Å²) < 4.78 is 62.1. The van der Waals surface area contributed by atoms with Crippen molar-refractivity contribution in [3.63, 3.8) is 0 Å². The van der Waals surface area contributed by atoms with Gasteiger partial charge in [0.05, 0.1) is 17.6 Å². The molecule has 0 saturated carbocycles. The van der Waals surface area contributed by atoms with Gasteiger partial charge < -0.3 is 9.64 Å². The Hall–Kier alpha value is -3.36. The van der Waals surface area contributed by atoms with Gasteiger partial charge in [0, 0.05) is 18.5 Å². The lowest BCUT2D eigenvalue weighted by atomic mass is 9.94. The van der Waals surface area contributed by atoms with Crippen LogP contribution in [-0.4, -0.2) is 58.2 Å². The highest BCUT2D eigenvalue weighted by atomic mass is 35.5. The zero-order chi connectivity index (χ0) is 27.4. The maximum Gasteiger partial charge on any atom is 0.261 e. The zero-order valence-electron chi connectivity index (χ0n) is 20.3. The number of ether oxygens (including phenoxy) is 1. The van der Waals surface area contributed by atoms with Gasteiger partial charge in [-0.15, -0.1) is 0 Å². The molecule has 0 radical (unpaired) electrons. The minimum Gasteiger partial charge on any atom is -0.481 e. The molecule has 1 amide bonds. The summed E-state index contributed by atoms with van der Waals surface area (Å²) in [4.78, 5) is 24.0. The third kappa shape index (κ3) is 4.90. The van der Waals surface area contributed by atoms with E-state index < -0.39 is 40.2 Å². The van der Waals surface area contributed by atoms with Crippen LogP contribution in [0.3, 0.4) is 0 Å². The fourth-order valence-electron chi connectivity index (χ4n) is 4.32. The van der Waals surface area contributed by atoms with Crippen molar-refractivity contribution in [1.29, 1.82) is 0 Å². The molecule has 10 nitrogen and oxygen atoms in total. The van der Waals surface area contributed by atoms with E-state index in [1.54, 1.807) is 11.4 Å². The molecule has 0 fully saturated rings. The number of anilines is 1. The molecule has 0 saturated heterocycles. The number of imidazole rings is 1. The first-order valence-corrected chi connectivity index (χ1v) is 14.4. The van der Waals surface area contributed by atoms with Crippen LogP contribution in [0.2, 0.25) is 5.15 Å². The molecule has 5 rings (SSSR count). The van der Waals surface area contributed by atoms with Crippen molar-refractivity contribution < 1.29 is 26.7 Å². The molecule has 0 aliphatic carbocycles. The molecule has 1 N–H and O–H groups in total. The maximum atomic E-state index is 15.3. The minimum absolute atomic E-state index is 0.0139. The summed E-state index contributed by atoms with van der Waals surface area (Å²) in [6.45, 7) is 2.96. The summed E-state index contributed by atoms with van der Waals surface area (Å²) in [5, 5.41) is 5.05. The van der Waals surface area contributed by atoms with Crippen molar-refractivity contribution in [2.45, 2.75) is 26.3 Å². The standard InChI is InChI=1S/C23H21ClF2N6O4S2/c1-11-4-5-13(19(26)18(11)25)20-21-14(27-23-32(21)29-12(2)37-23)8-9-31(20)17(33)10-36-15-6-7-16(28-22(15)24)30-38(3,34)35/h4-7,20H,8-10H2,1-3H3,(H,28,30). The molecular formula is C23H21ClF2N6O4S2. The third-order valence-electron chi connectivity index (χ3n) is 5.95. The number of fused-ring (bicyclic) bond motifs is 3. The fourth-order valence-corrected chi connectivity index (χ4v) is 5.79. The number of carbonyl (C=O) groups is 1. The molecule has 0 spiro atoms. The second-order valence-corrected chi connectivity index (χ2v) is 12.0. The quantitative estimate of drug-likeness (QED) is 0.345. The van der Waals surface area contributed by atoms with Gasteiger partial charge >= 0.3 is 0 Å². The number of aromatic nitrogens is 4. The van der Waals surface area contributed by atoms with Gasteiger partial charge in [-0.05, 0) is 31.5 Å². The number of sulfonamides is 1. The van der Waals surface area contributed by atoms with Crippen molar-refractivity contribution >= 4 is 49.6 Å². The Morgan fingerprint density at radius 2 is 1.97 bits per heavy atom. The van der Waals surface area contributed by atoms with Crippen LogP contribution in [0.5, 0.6) is 5.75 Å². The Labute approximate surface area is 225 Å². The van der Waals surface area contributed by atoms with Crippen LogP contribution < -0.4 is 9.46 Å². The SMILES string of the molecule is Cc1nn2c3c(nc2s1)CCN(C(=O)COc1ccc(NS(C)(=O)=O)nc1Cl)C3c1ccc(C)c(F)c1F. The molecule has 200 valence electrons. The Morgan fingerprint density at radius 3 is 2.68 bits per heavy atom. The van der Waals surface area contributed by atoms with Crippen molar-refractivity contribution in [1.82, 2.24) is 24.5 Å². The number of halogens is 3. The van der Waals surface area contributed by atoms with Crippen molar-refractivity contribution in [3.8, 4) is 5.75 Å². The van der Waals surface area contributed by atoms with Crippen LogP contribution in [0.25, 0.3) is 4.96 Å². The van der Waals surface area contributed by atoms with Gasteiger partial charge in [0.2, 0.25) is 15.0 Å². The first kappa shape index (κ1) is 26.3. The van der Waals surface area contributed by atoms with Gasteiger partial charge in [-0.3, -0.25) is 9.52 Å². The molecule has 4 heterocycles.